The van der Waals surface area contributed by atoms with Crippen molar-refractivity contribution in [1.82, 2.24) is 14.8 Å². The number of carbonyl (C=O) groups is 1. The summed E-state index contributed by atoms with van der Waals surface area (Å²) in [5, 5.41) is 8.58. The first kappa shape index (κ1) is 21.7. The number of urea groups is 1. The van der Waals surface area contributed by atoms with Gasteiger partial charge in [0.1, 0.15) is 5.00 Å². The molecular formula is C25H32N4OS2. The lowest BCUT2D eigenvalue weighted by Gasteiger charge is -2.16. The summed E-state index contributed by atoms with van der Waals surface area (Å²) in [6.45, 7) is 8.18. The molecule has 2 amide bonds. The average molecular weight is 469 g/mol. The molecule has 2 N–H and O–H groups in total. The van der Waals surface area contributed by atoms with Gasteiger partial charge in [-0.2, -0.15) is 0 Å². The summed E-state index contributed by atoms with van der Waals surface area (Å²) in [6, 6.07) is 4.03. The first-order valence-electron chi connectivity index (χ1n) is 11.8. The van der Waals surface area contributed by atoms with Crippen LogP contribution >= 0.6 is 22.7 Å². The van der Waals surface area contributed by atoms with E-state index >= 15 is 0 Å². The Morgan fingerprint density at radius 2 is 1.81 bits per heavy atom. The Bertz CT molecular complexity index is 1100. The molecule has 3 aromatic heterocycles. The van der Waals surface area contributed by atoms with Crippen molar-refractivity contribution in [2.24, 2.45) is 0 Å². The van der Waals surface area contributed by atoms with Crippen LogP contribution in [0.5, 0.6) is 0 Å². The number of hydrogen-bond acceptors (Lipinski definition) is 4. The lowest BCUT2D eigenvalue weighted by Crippen LogP contribution is -2.28. The molecule has 0 atom stereocenters. The number of fused-ring (bicyclic) bond motifs is 2. The van der Waals surface area contributed by atoms with Crippen molar-refractivity contribution in [1.29, 1.82) is 0 Å². The van der Waals surface area contributed by atoms with Gasteiger partial charge in [-0.25, -0.2) is 4.79 Å². The molecule has 7 heteroatoms. The van der Waals surface area contributed by atoms with Gasteiger partial charge in [0.05, 0.1) is 5.00 Å². The van der Waals surface area contributed by atoms with E-state index in [1.54, 1.807) is 11.3 Å². The van der Waals surface area contributed by atoms with Crippen LogP contribution in [0.25, 0.3) is 5.00 Å². The highest BCUT2D eigenvalue weighted by molar-refractivity contribution is 7.16. The minimum absolute atomic E-state index is 0.103. The number of aromatic nitrogens is 1. The summed E-state index contributed by atoms with van der Waals surface area (Å²) < 4.78 is 2.20. The molecule has 1 aliphatic heterocycles. The van der Waals surface area contributed by atoms with E-state index in [1.807, 2.05) is 11.3 Å². The van der Waals surface area contributed by atoms with Crippen LogP contribution in [0.3, 0.4) is 0 Å². The molecule has 3 aromatic rings. The van der Waals surface area contributed by atoms with Gasteiger partial charge in [0.2, 0.25) is 0 Å². The van der Waals surface area contributed by atoms with E-state index < -0.39 is 0 Å². The van der Waals surface area contributed by atoms with E-state index in [2.05, 4.69) is 58.5 Å². The van der Waals surface area contributed by atoms with Gasteiger partial charge in [-0.1, -0.05) is 6.92 Å². The number of amides is 2. The van der Waals surface area contributed by atoms with Crippen LogP contribution < -0.4 is 10.6 Å². The van der Waals surface area contributed by atoms with Gasteiger partial charge in [-0.05, 0) is 87.4 Å². The SMILES string of the molecule is CCN1CCCc2c(sc(-n3cccc3)c2CNC(=O)Nc2sc3c(c2C)CCCC3)C1. The molecule has 0 saturated heterocycles. The molecule has 0 unspecified atom stereocenters. The maximum Gasteiger partial charge on any atom is 0.320 e. The third kappa shape index (κ3) is 4.26. The Kier molecular flexibility index (Phi) is 6.40. The van der Waals surface area contributed by atoms with E-state index in [4.69, 9.17) is 0 Å². The standard InChI is InChI=1S/C25H32N4OS2/c1-3-28-12-8-10-19-20(24(32-22(19)16-28)29-13-6-7-14-29)15-26-25(30)27-23-17(2)18-9-4-5-11-21(18)31-23/h6-7,13-14H,3-5,8-12,15-16H2,1-2H3,(H2,26,27,30). The zero-order valence-corrected chi connectivity index (χ0v) is 20.6. The number of carbonyl (C=O) groups excluding carboxylic acids is 1. The van der Waals surface area contributed by atoms with Crippen LogP contribution in [0, 0.1) is 6.92 Å². The predicted octanol–water partition coefficient (Wildman–Crippen LogP) is 5.88. The van der Waals surface area contributed by atoms with Gasteiger partial charge >= 0.3 is 6.03 Å². The summed E-state index contributed by atoms with van der Waals surface area (Å²) in [6.07, 6.45) is 11.3. The highest BCUT2D eigenvalue weighted by Crippen LogP contribution is 2.38. The van der Waals surface area contributed by atoms with Crippen LogP contribution in [0.1, 0.15) is 58.2 Å². The van der Waals surface area contributed by atoms with Crippen molar-refractivity contribution in [3.8, 4) is 5.00 Å². The van der Waals surface area contributed by atoms with Gasteiger partial charge in [-0.15, -0.1) is 22.7 Å². The zero-order valence-electron chi connectivity index (χ0n) is 19.0. The topological polar surface area (TPSA) is 49.3 Å². The maximum absolute atomic E-state index is 12.9. The number of nitrogens with zero attached hydrogens (tertiary/aromatic N) is 2. The van der Waals surface area contributed by atoms with E-state index in [-0.39, 0.29) is 6.03 Å². The highest BCUT2D eigenvalue weighted by atomic mass is 32.1. The molecule has 170 valence electrons. The van der Waals surface area contributed by atoms with Crippen molar-refractivity contribution in [2.45, 2.75) is 65.5 Å². The third-order valence-corrected chi connectivity index (χ3v) is 9.40. The third-order valence-electron chi connectivity index (χ3n) is 6.82. The molecule has 5 rings (SSSR count). The summed E-state index contributed by atoms with van der Waals surface area (Å²) in [5.74, 6) is 0. The summed E-state index contributed by atoms with van der Waals surface area (Å²) in [4.78, 5) is 18.3. The predicted molar refractivity (Wildman–Crippen MR) is 134 cm³/mol. The fraction of sp³-hybridized carbons (Fsp3) is 0.480. The van der Waals surface area contributed by atoms with E-state index in [9.17, 15) is 4.79 Å². The van der Waals surface area contributed by atoms with E-state index in [0.717, 1.165) is 43.9 Å². The number of thiophene rings is 2. The van der Waals surface area contributed by atoms with Crippen LogP contribution in [0.15, 0.2) is 24.5 Å². The lowest BCUT2D eigenvalue weighted by atomic mass is 9.96. The fourth-order valence-corrected chi connectivity index (χ4v) is 7.67. The second-order valence-corrected chi connectivity index (χ2v) is 11.0. The first-order valence-corrected chi connectivity index (χ1v) is 13.4. The molecule has 0 fully saturated rings. The molecule has 32 heavy (non-hydrogen) atoms. The first-order chi connectivity index (χ1) is 15.6. The van der Waals surface area contributed by atoms with Gasteiger partial charge in [0.25, 0.3) is 0 Å². The summed E-state index contributed by atoms with van der Waals surface area (Å²) in [7, 11) is 0. The highest BCUT2D eigenvalue weighted by Gasteiger charge is 2.24. The van der Waals surface area contributed by atoms with Crippen molar-refractivity contribution in [2.75, 3.05) is 18.4 Å². The molecule has 2 aliphatic rings. The second-order valence-electron chi connectivity index (χ2n) is 8.82. The van der Waals surface area contributed by atoms with Crippen LogP contribution in [0.2, 0.25) is 0 Å². The van der Waals surface area contributed by atoms with Crippen LogP contribution in [0.4, 0.5) is 9.80 Å². The summed E-state index contributed by atoms with van der Waals surface area (Å²) >= 11 is 3.64. The molecule has 0 aromatic carbocycles. The Morgan fingerprint density at radius 3 is 2.59 bits per heavy atom. The molecule has 0 radical (unpaired) electrons. The Labute approximate surface area is 198 Å². The maximum atomic E-state index is 12.9. The number of anilines is 1. The Morgan fingerprint density at radius 1 is 1.03 bits per heavy atom. The van der Waals surface area contributed by atoms with Crippen LogP contribution in [-0.2, 0) is 32.4 Å². The van der Waals surface area contributed by atoms with E-state index in [0.29, 0.717) is 6.54 Å². The number of rotatable bonds is 5. The normalized spacial score (nSPS) is 16.3. The quantitative estimate of drug-likeness (QED) is 0.491. The molecule has 0 spiro atoms. The van der Waals surface area contributed by atoms with Crippen molar-refractivity contribution >= 4 is 33.7 Å². The molecule has 5 nitrogen and oxygen atoms in total. The van der Waals surface area contributed by atoms with Gasteiger partial charge < -0.3 is 9.88 Å². The van der Waals surface area contributed by atoms with Crippen LogP contribution in [-0.4, -0.2) is 28.6 Å². The smallest absolute Gasteiger partial charge is 0.320 e. The lowest BCUT2D eigenvalue weighted by molar-refractivity contribution is 0.252. The van der Waals surface area contributed by atoms with E-state index in [1.165, 1.54) is 56.3 Å². The summed E-state index contributed by atoms with van der Waals surface area (Å²) in [5.41, 5.74) is 5.45. The second kappa shape index (κ2) is 9.41. The monoisotopic (exact) mass is 468 g/mol. The number of aryl methyl sites for hydroxylation is 1. The molecule has 0 bridgehead atoms. The number of nitrogens with one attached hydrogen (secondary N) is 2. The van der Waals surface area contributed by atoms with Gasteiger partial charge in [-0.3, -0.25) is 10.2 Å². The minimum Gasteiger partial charge on any atom is -0.334 e. The number of hydrogen-bond donors (Lipinski definition) is 2. The molecule has 0 saturated carbocycles. The average Bonchev–Trinajstić information content (AvgIpc) is 3.48. The fourth-order valence-electron chi connectivity index (χ4n) is 5.01. The van der Waals surface area contributed by atoms with Gasteiger partial charge in [0.15, 0.2) is 0 Å². The molecular weight excluding hydrogens is 436 g/mol. The van der Waals surface area contributed by atoms with Crippen molar-refractivity contribution in [3.63, 3.8) is 0 Å². The Hall–Kier alpha value is -2.09. The van der Waals surface area contributed by atoms with Crippen molar-refractivity contribution in [3.05, 3.63) is 56.5 Å². The molecule has 1 aliphatic carbocycles. The minimum atomic E-state index is -0.103. The van der Waals surface area contributed by atoms with Gasteiger partial charge in [0, 0.05) is 40.8 Å². The largest absolute Gasteiger partial charge is 0.334 e. The zero-order chi connectivity index (χ0) is 22.1. The molecule has 4 heterocycles. The van der Waals surface area contributed by atoms with Crippen molar-refractivity contribution < 1.29 is 4.79 Å². The Balaban J connectivity index is 1.35.